The molecule has 6 heteroatoms. The van der Waals surface area contributed by atoms with Crippen LogP contribution in [0.15, 0.2) is 42.7 Å². The van der Waals surface area contributed by atoms with Crippen LogP contribution in [-0.2, 0) is 11.8 Å². The average molecular weight is 355 g/mol. The second kappa shape index (κ2) is 6.85. The van der Waals surface area contributed by atoms with Crippen LogP contribution < -0.4 is 0 Å². The summed E-state index contributed by atoms with van der Waals surface area (Å²) in [4.78, 5) is 14.5. The van der Waals surface area contributed by atoms with Crippen molar-refractivity contribution in [3.63, 3.8) is 0 Å². The van der Waals surface area contributed by atoms with Crippen molar-refractivity contribution in [1.82, 2.24) is 14.7 Å². The molecule has 0 saturated carbocycles. The Kier molecular flexibility index (Phi) is 4.54. The third-order valence-corrected chi connectivity index (χ3v) is 5.57. The molecule has 1 amide bonds. The van der Waals surface area contributed by atoms with E-state index in [4.69, 9.17) is 4.74 Å². The van der Waals surface area contributed by atoms with Gasteiger partial charge in [-0.15, -0.1) is 0 Å². The summed E-state index contributed by atoms with van der Waals surface area (Å²) in [6.45, 7) is 1.28. The molecule has 2 fully saturated rings. The Morgan fingerprint density at radius 2 is 2.00 bits per heavy atom. The van der Waals surface area contributed by atoms with E-state index in [9.17, 15) is 9.90 Å². The first kappa shape index (κ1) is 17.2. The molecule has 2 atom stereocenters. The number of aryl methyl sites for hydroxylation is 1. The van der Waals surface area contributed by atoms with Crippen LogP contribution >= 0.6 is 0 Å². The van der Waals surface area contributed by atoms with Crippen LogP contribution in [0.5, 0.6) is 0 Å². The van der Waals surface area contributed by atoms with Crippen LogP contribution in [0.3, 0.4) is 0 Å². The summed E-state index contributed by atoms with van der Waals surface area (Å²) in [6.07, 6.45) is 5.68. The molecule has 2 aromatic rings. The van der Waals surface area contributed by atoms with Crippen LogP contribution in [0.4, 0.5) is 0 Å². The summed E-state index contributed by atoms with van der Waals surface area (Å²) in [5, 5.41) is 14.5. The average Bonchev–Trinajstić information content (AvgIpc) is 3.08. The van der Waals surface area contributed by atoms with E-state index in [2.05, 4.69) is 17.2 Å². The van der Waals surface area contributed by atoms with Crippen LogP contribution in [0, 0.1) is 0 Å². The molecule has 6 nitrogen and oxygen atoms in total. The highest BCUT2D eigenvalue weighted by molar-refractivity contribution is 5.93. The minimum absolute atomic E-state index is 0.0175. The summed E-state index contributed by atoms with van der Waals surface area (Å²) < 4.78 is 8.14. The quantitative estimate of drug-likeness (QED) is 0.898. The summed E-state index contributed by atoms with van der Waals surface area (Å²) in [5.41, 5.74) is 1.39. The number of hydrogen-bond acceptors (Lipinski definition) is 4. The first-order valence-corrected chi connectivity index (χ1v) is 9.23. The fraction of sp³-hybridized carbons (Fsp3) is 0.500. The van der Waals surface area contributed by atoms with Crippen LogP contribution in [0.25, 0.3) is 0 Å². The zero-order valence-electron chi connectivity index (χ0n) is 15.0. The molecule has 2 aliphatic rings. The van der Waals surface area contributed by atoms with E-state index < -0.39 is 0 Å². The Labute approximate surface area is 153 Å². The maximum absolute atomic E-state index is 12.6. The number of carbonyl (C=O) groups excluding carboxylic acids is 1. The van der Waals surface area contributed by atoms with E-state index in [0.29, 0.717) is 31.5 Å². The van der Waals surface area contributed by atoms with Gasteiger partial charge in [-0.25, -0.2) is 0 Å². The maximum atomic E-state index is 12.6. The number of aliphatic hydroxyl groups excluding tert-OH is 1. The summed E-state index contributed by atoms with van der Waals surface area (Å²) in [7, 11) is 1.81. The minimum atomic E-state index is -0.366. The lowest BCUT2D eigenvalue weighted by Gasteiger charge is -2.48. The molecule has 1 aromatic heterocycles. The third kappa shape index (κ3) is 3.39. The van der Waals surface area contributed by atoms with Gasteiger partial charge in [0.15, 0.2) is 0 Å². The highest BCUT2D eigenvalue weighted by atomic mass is 16.5. The molecule has 138 valence electrons. The van der Waals surface area contributed by atoms with E-state index in [1.54, 1.807) is 17.1 Å². The van der Waals surface area contributed by atoms with Crippen LogP contribution in [0.1, 0.15) is 47.7 Å². The number of aliphatic hydroxyl groups is 1. The van der Waals surface area contributed by atoms with E-state index in [0.717, 1.165) is 18.4 Å². The van der Waals surface area contributed by atoms with Gasteiger partial charge in [0.25, 0.3) is 5.91 Å². The molecule has 0 radical (unpaired) electrons. The zero-order valence-corrected chi connectivity index (χ0v) is 15.0. The van der Waals surface area contributed by atoms with Gasteiger partial charge in [-0.2, -0.15) is 5.10 Å². The van der Waals surface area contributed by atoms with Crippen molar-refractivity contribution < 1.29 is 14.6 Å². The van der Waals surface area contributed by atoms with Gasteiger partial charge in [-0.1, -0.05) is 30.3 Å². The molecule has 0 unspecified atom stereocenters. The predicted molar refractivity (Wildman–Crippen MR) is 96.6 cm³/mol. The summed E-state index contributed by atoms with van der Waals surface area (Å²) >= 11 is 0. The number of rotatable bonds is 2. The number of carbonyl (C=O) groups is 1. The molecule has 0 aliphatic carbocycles. The van der Waals surface area contributed by atoms with Crippen LogP contribution in [0.2, 0.25) is 0 Å². The van der Waals surface area contributed by atoms with Crippen LogP contribution in [-0.4, -0.2) is 50.5 Å². The molecular weight excluding hydrogens is 330 g/mol. The second-order valence-electron chi connectivity index (χ2n) is 7.49. The van der Waals surface area contributed by atoms with Crippen molar-refractivity contribution in [2.24, 2.45) is 7.05 Å². The molecule has 2 aliphatic heterocycles. The predicted octanol–water partition coefficient (Wildman–Crippen LogP) is 2.31. The van der Waals surface area contributed by atoms with Crippen molar-refractivity contribution in [2.75, 3.05) is 13.1 Å². The molecule has 1 aromatic carbocycles. The van der Waals surface area contributed by atoms with Gasteiger partial charge in [-0.3, -0.25) is 9.48 Å². The van der Waals surface area contributed by atoms with Crippen molar-refractivity contribution in [3.05, 3.63) is 53.9 Å². The van der Waals surface area contributed by atoms with E-state index in [-0.39, 0.29) is 23.7 Å². The highest BCUT2D eigenvalue weighted by Crippen LogP contribution is 2.43. The van der Waals surface area contributed by atoms with Gasteiger partial charge in [0, 0.05) is 39.2 Å². The van der Waals surface area contributed by atoms with Crippen molar-refractivity contribution in [2.45, 2.75) is 43.5 Å². The zero-order chi connectivity index (χ0) is 18.1. The smallest absolute Gasteiger partial charge is 0.257 e. The van der Waals surface area contributed by atoms with Gasteiger partial charge in [0.1, 0.15) is 0 Å². The fourth-order valence-electron chi connectivity index (χ4n) is 4.18. The maximum Gasteiger partial charge on any atom is 0.257 e. The number of piperidine rings is 1. The Hall–Kier alpha value is -2.18. The number of ether oxygens (including phenoxy) is 1. The monoisotopic (exact) mass is 355 g/mol. The first-order valence-electron chi connectivity index (χ1n) is 9.23. The second-order valence-corrected chi connectivity index (χ2v) is 7.49. The fourth-order valence-corrected chi connectivity index (χ4v) is 4.18. The number of nitrogens with zero attached hydrogens (tertiary/aromatic N) is 3. The number of benzene rings is 1. The number of amides is 1. The Balaban J connectivity index is 1.44. The molecule has 1 spiro atoms. The third-order valence-electron chi connectivity index (χ3n) is 5.57. The lowest BCUT2D eigenvalue weighted by atomic mass is 9.81. The topological polar surface area (TPSA) is 67.6 Å². The summed E-state index contributed by atoms with van der Waals surface area (Å²) in [5.74, 6) is 0.0175. The Morgan fingerprint density at radius 3 is 2.65 bits per heavy atom. The number of aromatic nitrogens is 2. The normalized spacial score (nSPS) is 25.4. The van der Waals surface area contributed by atoms with Crippen molar-refractivity contribution in [3.8, 4) is 0 Å². The number of likely N-dealkylation sites (tertiary alicyclic amines) is 1. The van der Waals surface area contributed by atoms with E-state index in [1.165, 1.54) is 0 Å². The lowest BCUT2D eigenvalue weighted by Crippen LogP contribution is -2.52. The molecule has 0 bridgehead atoms. The molecule has 4 rings (SSSR count). The van der Waals surface area contributed by atoms with Gasteiger partial charge in [0.2, 0.25) is 0 Å². The largest absolute Gasteiger partial charge is 0.393 e. The first-order chi connectivity index (χ1) is 12.5. The minimum Gasteiger partial charge on any atom is -0.393 e. The van der Waals surface area contributed by atoms with Gasteiger partial charge < -0.3 is 14.7 Å². The van der Waals surface area contributed by atoms with Crippen molar-refractivity contribution >= 4 is 5.91 Å². The Bertz CT molecular complexity index is 766. The van der Waals surface area contributed by atoms with Crippen molar-refractivity contribution in [1.29, 1.82) is 0 Å². The molecule has 26 heavy (non-hydrogen) atoms. The Morgan fingerprint density at radius 1 is 1.27 bits per heavy atom. The molecule has 3 heterocycles. The van der Waals surface area contributed by atoms with E-state index in [1.807, 2.05) is 30.1 Å². The molecule has 1 N–H and O–H groups in total. The molecular formula is C20H25N3O3. The van der Waals surface area contributed by atoms with Gasteiger partial charge in [-0.05, 0) is 18.4 Å². The summed E-state index contributed by atoms with van der Waals surface area (Å²) in [6, 6.07) is 10.1. The standard InChI is InChI=1S/C20H25N3O3/c1-22-14-16(13-21-22)19(25)23-9-7-20(8-10-23)12-17(24)11-18(26-20)15-5-3-2-4-6-15/h2-6,13-14,17-18,24H,7-12H2,1H3/t17-,18-/m1/s1. The van der Waals surface area contributed by atoms with E-state index >= 15 is 0 Å². The van der Waals surface area contributed by atoms with Gasteiger partial charge in [0.05, 0.1) is 29.6 Å². The number of hydrogen-bond donors (Lipinski definition) is 1. The highest BCUT2D eigenvalue weighted by Gasteiger charge is 2.44. The molecule has 2 saturated heterocycles. The SMILES string of the molecule is Cn1cc(C(=O)N2CCC3(CC2)C[C@H](O)C[C@H](c2ccccc2)O3)cn1. The van der Waals surface area contributed by atoms with Gasteiger partial charge >= 0.3 is 0 Å². The lowest BCUT2D eigenvalue weighted by molar-refractivity contribution is -0.181.